The maximum Gasteiger partial charge on any atom is 0.191 e. The zero-order chi connectivity index (χ0) is 19.8. The van der Waals surface area contributed by atoms with Crippen LogP contribution in [0.3, 0.4) is 0 Å². The SMILES string of the molecule is CN=C(NCCc1csc(N2CCCC2)n1)NCC(C)Oc1ccccc1C.I. The second kappa shape index (κ2) is 12.2. The number of ether oxygens (including phenoxy) is 1. The highest BCUT2D eigenvalue weighted by atomic mass is 127. The van der Waals surface area contributed by atoms with Gasteiger partial charge in [-0.05, 0) is 38.3 Å². The summed E-state index contributed by atoms with van der Waals surface area (Å²) < 4.78 is 6.01. The second-order valence-corrected chi connectivity index (χ2v) is 7.98. The number of hydrogen-bond acceptors (Lipinski definition) is 5. The van der Waals surface area contributed by atoms with Gasteiger partial charge in [0.2, 0.25) is 0 Å². The summed E-state index contributed by atoms with van der Waals surface area (Å²) in [6.45, 7) is 7.89. The Hall–Kier alpha value is -1.55. The third-order valence-electron chi connectivity index (χ3n) is 4.79. The molecule has 2 N–H and O–H groups in total. The number of para-hydroxylation sites is 1. The van der Waals surface area contributed by atoms with Crippen LogP contribution in [0.15, 0.2) is 34.6 Å². The predicted molar refractivity (Wildman–Crippen MR) is 133 cm³/mol. The van der Waals surface area contributed by atoms with Gasteiger partial charge in [0.05, 0.1) is 12.2 Å². The number of benzene rings is 1. The van der Waals surface area contributed by atoms with Crippen molar-refractivity contribution in [3.63, 3.8) is 0 Å². The fourth-order valence-corrected chi connectivity index (χ4v) is 4.10. The molecule has 1 aliphatic heterocycles. The fourth-order valence-electron chi connectivity index (χ4n) is 3.18. The first-order valence-corrected chi connectivity index (χ1v) is 10.9. The van der Waals surface area contributed by atoms with Crippen molar-refractivity contribution in [1.29, 1.82) is 0 Å². The van der Waals surface area contributed by atoms with Gasteiger partial charge in [-0.2, -0.15) is 0 Å². The number of anilines is 1. The van der Waals surface area contributed by atoms with Crippen molar-refractivity contribution < 1.29 is 4.74 Å². The first-order valence-electron chi connectivity index (χ1n) is 10.0. The van der Waals surface area contributed by atoms with Crippen LogP contribution in [-0.2, 0) is 6.42 Å². The summed E-state index contributed by atoms with van der Waals surface area (Å²) in [4.78, 5) is 11.5. The number of aliphatic imine (C=N–C) groups is 1. The van der Waals surface area contributed by atoms with Crippen molar-refractivity contribution in [3.8, 4) is 5.75 Å². The van der Waals surface area contributed by atoms with Gasteiger partial charge in [-0.15, -0.1) is 35.3 Å². The topological polar surface area (TPSA) is 61.8 Å². The maximum absolute atomic E-state index is 6.01. The lowest BCUT2D eigenvalue weighted by Gasteiger charge is -2.18. The molecule has 1 aliphatic rings. The van der Waals surface area contributed by atoms with E-state index in [1.54, 1.807) is 18.4 Å². The minimum Gasteiger partial charge on any atom is -0.489 e. The predicted octanol–water partition coefficient (Wildman–Crippen LogP) is 3.84. The minimum absolute atomic E-state index is 0. The Morgan fingerprint density at radius 3 is 2.76 bits per heavy atom. The Morgan fingerprint density at radius 1 is 1.28 bits per heavy atom. The number of rotatable bonds is 8. The van der Waals surface area contributed by atoms with E-state index in [1.807, 2.05) is 18.2 Å². The molecule has 1 saturated heterocycles. The van der Waals surface area contributed by atoms with Gasteiger partial charge in [0.25, 0.3) is 0 Å². The van der Waals surface area contributed by atoms with E-state index in [4.69, 9.17) is 9.72 Å². The first-order chi connectivity index (χ1) is 13.7. The molecule has 1 unspecified atom stereocenters. The van der Waals surface area contributed by atoms with Gasteiger partial charge in [-0.1, -0.05) is 18.2 Å². The van der Waals surface area contributed by atoms with Crippen LogP contribution in [0.1, 0.15) is 31.0 Å². The molecule has 6 nitrogen and oxygen atoms in total. The molecule has 1 aromatic carbocycles. The van der Waals surface area contributed by atoms with Gasteiger partial charge in [-0.3, -0.25) is 4.99 Å². The molecule has 8 heteroatoms. The van der Waals surface area contributed by atoms with Crippen LogP contribution in [0.5, 0.6) is 5.75 Å². The second-order valence-electron chi connectivity index (χ2n) is 7.14. The summed E-state index contributed by atoms with van der Waals surface area (Å²) >= 11 is 1.75. The molecule has 0 aliphatic carbocycles. The molecule has 0 saturated carbocycles. The third kappa shape index (κ3) is 7.33. The smallest absolute Gasteiger partial charge is 0.191 e. The zero-order valence-corrected chi connectivity index (χ0v) is 20.6. The lowest BCUT2D eigenvalue weighted by atomic mass is 10.2. The molecule has 160 valence electrons. The molecule has 1 atom stereocenters. The molecular weight excluding hydrogens is 497 g/mol. The van der Waals surface area contributed by atoms with Crippen molar-refractivity contribution in [3.05, 3.63) is 40.9 Å². The summed E-state index contributed by atoms with van der Waals surface area (Å²) in [5.41, 5.74) is 2.29. The molecule has 2 heterocycles. The number of aryl methyl sites for hydroxylation is 1. The average Bonchev–Trinajstić information content (AvgIpc) is 3.38. The molecule has 0 spiro atoms. The van der Waals surface area contributed by atoms with Crippen LogP contribution < -0.4 is 20.3 Å². The van der Waals surface area contributed by atoms with Gasteiger partial charge in [-0.25, -0.2) is 4.98 Å². The van der Waals surface area contributed by atoms with Crippen LogP contribution in [0, 0.1) is 6.92 Å². The molecule has 0 radical (unpaired) electrons. The zero-order valence-electron chi connectivity index (χ0n) is 17.5. The van der Waals surface area contributed by atoms with E-state index >= 15 is 0 Å². The summed E-state index contributed by atoms with van der Waals surface area (Å²) in [5, 5.41) is 10.0. The van der Waals surface area contributed by atoms with Gasteiger partial charge < -0.3 is 20.3 Å². The van der Waals surface area contributed by atoms with E-state index in [9.17, 15) is 0 Å². The lowest BCUT2D eigenvalue weighted by Crippen LogP contribution is -2.42. The molecule has 0 bridgehead atoms. The van der Waals surface area contributed by atoms with E-state index in [1.165, 1.54) is 12.8 Å². The van der Waals surface area contributed by atoms with Gasteiger partial charge in [0, 0.05) is 38.5 Å². The highest BCUT2D eigenvalue weighted by Gasteiger charge is 2.15. The van der Waals surface area contributed by atoms with Crippen molar-refractivity contribution >= 4 is 46.4 Å². The quantitative estimate of drug-likeness (QED) is 0.309. The number of thiazole rings is 1. The van der Waals surface area contributed by atoms with Crippen LogP contribution >= 0.6 is 35.3 Å². The Bertz CT molecular complexity index is 776. The van der Waals surface area contributed by atoms with E-state index < -0.39 is 0 Å². The van der Waals surface area contributed by atoms with E-state index in [2.05, 4.69) is 45.8 Å². The van der Waals surface area contributed by atoms with Gasteiger partial charge in [0.1, 0.15) is 11.9 Å². The molecule has 1 aromatic heterocycles. The van der Waals surface area contributed by atoms with Gasteiger partial charge >= 0.3 is 0 Å². The summed E-state index contributed by atoms with van der Waals surface area (Å²) in [7, 11) is 1.79. The number of nitrogens with one attached hydrogen (secondary N) is 2. The number of hydrogen-bond donors (Lipinski definition) is 2. The van der Waals surface area contributed by atoms with Crippen molar-refractivity contribution in [1.82, 2.24) is 15.6 Å². The van der Waals surface area contributed by atoms with E-state index in [0.29, 0.717) is 6.54 Å². The molecule has 29 heavy (non-hydrogen) atoms. The van der Waals surface area contributed by atoms with Crippen LogP contribution in [0.2, 0.25) is 0 Å². The third-order valence-corrected chi connectivity index (χ3v) is 5.74. The van der Waals surface area contributed by atoms with Crippen molar-refractivity contribution in [2.24, 2.45) is 4.99 Å². The lowest BCUT2D eigenvalue weighted by molar-refractivity contribution is 0.222. The van der Waals surface area contributed by atoms with Crippen LogP contribution in [0.25, 0.3) is 0 Å². The highest BCUT2D eigenvalue weighted by molar-refractivity contribution is 14.0. The molecule has 0 amide bonds. The molecule has 2 aromatic rings. The first kappa shape index (κ1) is 23.7. The number of guanidine groups is 1. The molecule has 1 fully saturated rings. The Kier molecular flexibility index (Phi) is 9.99. The number of halogens is 1. The average molecular weight is 529 g/mol. The largest absolute Gasteiger partial charge is 0.489 e. The monoisotopic (exact) mass is 529 g/mol. The number of aromatic nitrogens is 1. The van der Waals surface area contributed by atoms with E-state index in [0.717, 1.165) is 54.2 Å². The van der Waals surface area contributed by atoms with Gasteiger partial charge in [0.15, 0.2) is 11.1 Å². The number of nitrogens with zero attached hydrogens (tertiary/aromatic N) is 3. The summed E-state index contributed by atoms with van der Waals surface area (Å²) in [6.07, 6.45) is 3.50. The van der Waals surface area contributed by atoms with Crippen molar-refractivity contribution in [2.45, 2.75) is 39.2 Å². The molecule has 3 rings (SSSR count). The summed E-state index contributed by atoms with van der Waals surface area (Å²) in [5.74, 6) is 1.72. The van der Waals surface area contributed by atoms with E-state index in [-0.39, 0.29) is 30.1 Å². The summed E-state index contributed by atoms with van der Waals surface area (Å²) in [6, 6.07) is 8.08. The Labute approximate surface area is 195 Å². The molecular formula is C21H32IN5OS. The van der Waals surface area contributed by atoms with Crippen molar-refractivity contribution in [2.75, 3.05) is 38.1 Å². The highest BCUT2D eigenvalue weighted by Crippen LogP contribution is 2.24. The van der Waals surface area contributed by atoms with Crippen LogP contribution in [0.4, 0.5) is 5.13 Å². The van der Waals surface area contributed by atoms with Crippen LogP contribution in [-0.4, -0.2) is 50.3 Å². The normalized spacial score (nSPS) is 15.0. The minimum atomic E-state index is 0. The fraction of sp³-hybridized carbons (Fsp3) is 0.524. The Balaban J connectivity index is 0.00000300. The Morgan fingerprint density at radius 2 is 2.03 bits per heavy atom. The standard InChI is InChI=1S/C21H31N5OS.HI/c1-16-8-4-5-9-19(16)27-17(2)14-24-20(22-3)23-11-10-18-15-28-21(25-18)26-12-6-7-13-26;/h4-5,8-9,15,17H,6-7,10-14H2,1-3H3,(H2,22,23,24);1H. The maximum atomic E-state index is 6.01.